The fourth-order valence-electron chi connectivity index (χ4n) is 2.44. The highest BCUT2D eigenvalue weighted by Gasteiger charge is 2.25. The van der Waals surface area contributed by atoms with Gasteiger partial charge in [0.1, 0.15) is 11.6 Å². The third kappa shape index (κ3) is 4.61. The topological polar surface area (TPSA) is 75.7 Å². The van der Waals surface area contributed by atoms with Gasteiger partial charge in [-0.2, -0.15) is 0 Å². The summed E-state index contributed by atoms with van der Waals surface area (Å²) in [7, 11) is -2.67. The second kappa shape index (κ2) is 7.22. The number of carbonyl (C=O) groups is 1. The van der Waals surface area contributed by atoms with E-state index >= 15 is 0 Å². The van der Waals surface area contributed by atoms with Crippen LogP contribution in [0.25, 0.3) is 0 Å². The van der Waals surface area contributed by atoms with Crippen LogP contribution >= 0.6 is 0 Å². The summed E-state index contributed by atoms with van der Waals surface area (Å²) in [6.45, 7) is 1.11. The summed E-state index contributed by atoms with van der Waals surface area (Å²) in [5.74, 6) is -1.85. The molecule has 1 fully saturated rings. The summed E-state index contributed by atoms with van der Waals surface area (Å²) in [5, 5.41) is 0. The van der Waals surface area contributed by atoms with Gasteiger partial charge in [0, 0.05) is 25.7 Å². The molecule has 1 aliphatic heterocycles. The average Bonchev–Trinajstić information content (AvgIpc) is 2.52. The van der Waals surface area contributed by atoms with Crippen LogP contribution in [0.5, 0.6) is 0 Å². The van der Waals surface area contributed by atoms with Crippen molar-refractivity contribution in [3.63, 3.8) is 0 Å². The first kappa shape index (κ1) is 17.6. The quantitative estimate of drug-likeness (QED) is 0.899. The third-order valence-electron chi connectivity index (χ3n) is 3.76. The summed E-state index contributed by atoms with van der Waals surface area (Å²) in [6, 6.07) is 2.15. The van der Waals surface area contributed by atoms with Gasteiger partial charge in [0.2, 0.25) is 10.0 Å². The van der Waals surface area contributed by atoms with Gasteiger partial charge in [-0.25, -0.2) is 26.7 Å². The second-order valence-electron chi connectivity index (χ2n) is 5.36. The van der Waals surface area contributed by atoms with Crippen LogP contribution in [0.15, 0.2) is 23.1 Å². The molecule has 0 spiro atoms. The number of nitrogens with one attached hydrogen (secondary N) is 1. The Bertz CT molecular complexity index is 653. The summed E-state index contributed by atoms with van der Waals surface area (Å²) in [6.07, 6.45) is 0.837. The van der Waals surface area contributed by atoms with Gasteiger partial charge in [-0.15, -0.1) is 0 Å². The summed E-state index contributed by atoms with van der Waals surface area (Å²) < 4.78 is 57.4. The molecule has 1 saturated heterocycles. The number of methoxy groups -OCH3 is 1. The van der Waals surface area contributed by atoms with Crippen LogP contribution in [-0.4, -0.2) is 46.2 Å². The minimum atomic E-state index is -3.97. The van der Waals surface area contributed by atoms with Gasteiger partial charge in [0.15, 0.2) is 0 Å². The van der Waals surface area contributed by atoms with Gasteiger partial charge in [-0.3, -0.25) is 0 Å². The van der Waals surface area contributed by atoms with E-state index in [-0.39, 0.29) is 12.5 Å². The molecular formula is C14H18F2N2O4S. The number of hydrogen-bond donors (Lipinski definition) is 1. The maximum absolute atomic E-state index is 13.1. The van der Waals surface area contributed by atoms with E-state index in [9.17, 15) is 22.0 Å². The number of amides is 1. The predicted octanol–water partition coefficient (Wildman–Crippen LogP) is 1.72. The molecule has 6 nitrogen and oxygen atoms in total. The zero-order valence-electron chi connectivity index (χ0n) is 12.6. The van der Waals surface area contributed by atoms with E-state index in [1.54, 1.807) is 4.90 Å². The Balaban J connectivity index is 1.92. The lowest BCUT2D eigenvalue weighted by atomic mass is 9.97. The molecule has 1 heterocycles. The zero-order chi connectivity index (χ0) is 17.0. The molecule has 128 valence electrons. The Kier molecular flexibility index (Phi) is 5.53. The normalized spacial score (nSPS) is 16.4. The van der Waals surface area contributed by atoms with Crippen molar-refractivity contribution in [3.8, 4) is 0 Å². The predicted molar refractivity (Wildman–Crippen MR) is 78.2 cm³/mol. The molecule has 0 unspecified atom stereocenters. The summed E-state index contributed by atoms with van der Waals surface area (Å²) in [4.78, 5) is 12.5. The highest BCUT2D eigenvalue weighted by molar-refractivity contribution is 7.89. The number of halogens is 2. The first-order chi connectivity index (χ1) is 10.8. The third-order valence-corrected chi connectivity index (χ3v) is 5.16. The van der Waals surface area contributed by atoms with E-state index in [4.69, 9.17) is 0 Å². The lowest BCUT2D eigenvalue weighted by Gasteiger charge is -2.30. The molecule has 1 aliphatic rings. The molecule has 23 heavy (non-hydrogen) atoms. The number of carbonyl (C=O) groups excluding carboxylic acids is 1. The second-order valence-corrected chi connectivity index (χ2v) is 7.12. The molecule has 0 aromatic heterocycles. The van der Waals surface area contributed by atoms with Crippen LogP contribution in [0.2, 0.25) is 0 Å². The SMILES string of the molecule is COC(=O)N1CCC(CNS(=O)(=O)c2cc(F)cc(F)c2)CC1. The molecule has 1 aromatic carbocycles. The Morgan fingerprint density at radius 3 is 2.35 bits per heavy atom. The number of benzene rings is 1. The van der Waals surface area contributed by atoms with Crippen LogP contribution in [0.3, 0.4) is 0 Å². The van der Waals surface area contributed by atoms with Crippen molar-refractivity contribution in [1.29, 1.82) is 0 Å². The van der Waals surface area contributed by atoms with E-state index in [1.807, 2.05) is 0 Å². The molecule has 1 aromatic rings. The van der Waals surface area contributed by atoms with Crippen LogP contribution < -0.4 is 4.72 Å². The molecule has 0 aliphatic carbocycles. The summed E-state index contributed by atoms with van der Waals surface area (Å²) >= 11 is 0. The number of sulfonamides is 1. The zero-order valence-corrected chi connectivity index (χ0v) is 13.4. The van der Waals surface area contributed by atoms with E-state index in [0.29, 0.717) is 32.0 Å². The lowest BCUT2D eigenvalue weighted by Crippen LogP contribution is -2.41. The molecule has 0 radical (unpaired) electrons. The number of ether oxygens (including phenoxy) is 1. The number of piperidine rings is 1. The minimum absolute atomic E-state index is 0.0455. The van der Waals surface area contributed by atoms with Crippen molar-refractivity contribution >= 4 is 16.1 Å². The van der Waals surface area contributed by atoms with Gasteiger partial charge >= 0.3 is 6.09 Å². The van der Waals surface area contributed by atoms with Crippen LogP contribution in [0, 0.1) is 17.6 Å². The van der Waals surface area contributed by atoms with Crippen LogP contribution in [0.4, 0.5) is 13.6 Å². The van der Waals surface area contributed by atoms with Crippen molar-refractivity contribution in [2.24, 2.45) is 5.92 Å². The van der Waals surface area contributed by atoms with Crippen molar-refractivity contribution < 1.29 is 26.7 Å². The van der Waals surface area contributed by atoms with Crippen molar-refractivity contribution in [2.45, 2.75) is 17.7 Å². The Hall–Kier alpha value is -1.74. The number of nitrogens with zero attached hydrogens (tertiary/aromatic N) is 1. The first-order valence-electron chi connectivity index (χ1n) is 7.10. The average molecular weight is 348 g/mol. The molecule has 0 atom stereocenters. The van der Waals surface area contributed by atoms with Gasteiger partial charge in [0.05, 0.1) is 12.0 Å². The van der Waals surface area contributed by atoms with Gasteiger partial charge in [-0.1, -0.05) is 0 Å². The molecule has 1 N–H and O–H groups in total. The molecule has 0 saturated carbocycles. The van der Waals surface area contributed by atoms with E-state index in [0.717, 1.165) is 12.1 Å². The van der Waals surface area contributed by atoms with Gasteiger partial charge in [0.25, 0.3) is 0 Å². The Labute approximate surface area is 133 Å². The maximum atomic E-state index is 13.1. The number of likely N-dealkylation sites (tertiary alicyclic amines) is 1. The number of hydrogen-bond acceptors (Lipinski definition) is 4. The molecule has 0 bridgehead atoms. The lowest BCUT2D eigenvalue weighted by molar-refractivity contribution is 0.106. The highest BCUT2D eigenvalue weighted by atomic mass is 32.2. The highest BCUT2D eigenvalue weighted by Crippen LogP contribution is 2.19. The largest absolute Gasteiger partial charge is 0.453 e. The smallest absolute Gasteiger partial charge is 0.409 e. The van der Waals surface area contributed by atoms with E-state index in [2.05, 4.69) is 9.46 Å². The van der Waals surface area contributed by atoms with Crippen molar-refractivity contribution in [3.05, 3.63) is 29.8 Å². The molecular weight excluding hydrogens is 330 g/mol. The molecule has 2 rings (SSSR count). The Morgan fingerprint density at radius 2 is 1.83 bits per heavy atom. The monoisotopic (exact) mass is 348 g/mol. The van der Waals surface area contributed by atoms with Crippen LogP contribution in [0.1, 0.15) is 12.8 Å². The number of rotatable bonds is 4. The fourth-order valence-corrected chi connectivity index (χ4v) is 3.60. The maximum Gasteiger partial charge on any atom is 0.409 e. The van der Waals surface area contributed by atoms with Crippen LogP contribution in [-0.2, 0) is 14.8 Å². The van der Waals surface area contributed by atoms with E-state index in [1.165, 1.54) is 7.11 Å². The summed E-state index contributed by atoms with van der Waals surface area (Å²) in [5.41, 5.74) is 0. The van der Waals surface area contributed by atoms with E-state index < -0.39 is 32.6 Å². The fraction of sp³-hybridized carbons (Fsp3) is 0.500. The molecule has 1 amide bonds. The van der Waals surface area contributed by atoms with Gasteiger partial charge < -0.3 is 9.64 Å². The molecule has 9 heteroatoms. The van der Waals surface area contributed by atoms with Gasteiger partial charge in [-0.05, 0) is 30.9 Å². The minimum Gasteiger partial charge on any atom is -0.453 e. The van der Waals surface area contributed by atoms with Crippen molar-refractivity contribution in [1.82, 2.24) is 9.62 Å². The standard InChI is InChI=1S/C14H18F2N2O4S/c1-22-14(19)18-4-2-10(3-5-18)9-17-23(20,21)13-7-11(15)6-12(16)8-13/h6-8,10,17H,2-5,9H2,1H3. The Morgan fingerprint density at radius 1 is 1.26 bits per heavy atom. The van der Waals surface area contributed by atoms with Crippen molar-refractivity contribution in [2.75, 3.05) is 26.7 Å². The first-order valence-corrected chi connectivity index (χ1v) is 8.59.